The Labute approximate surface area is 179 Å². The van der Waals surface area contributed by atoms with Crippen LogP contribution in [0.1, 0.15) is 36.0 Å². The third-order valence-electron chi connectivity index (χ3n) is 5.40. The van der Waals surface area contributed by atoms with Gasteiger partial charge in [-0.05, 0) is 31.4 Å². The smallest absolute Gasteiger partial charge is 0.254 e. The number of nitrogens with one attached hydrogen (secondary N) is 1. The van der Waals surface area contributed by atoms with Crippen LogP contribution in [0.4, 0.5) is 0 Å². The number of fused-ring (bicyclic) bond motifs is 1. The van der Waals surface area contributed by atoms with Gasteiger partial charge < -0.3 is 9.88 Å². The molecule has 11 heteroatoms. The fourth-order valence-electron chi connectivity index (χ4n) is 3.88. The van der Waals surface area contributed by atoms with E-state index < -0.39 is 10.0 Å². The van der Waals surface area contributed by atoms with Gasteiger partial charge in [0.2, 0.25) is 15.9 Å². The van der Waals surface area contributed by atoms with E-state index in [9.17, 15) is 18.0 Å². The Morgan fingerprint density at radius 1 is 1.33 bits per heavy atom. The van der Waals surface area contributed by atoms with E-state index in [1.807, 2.05) is 18.2 Å². The van der Waals surface area contributed by atoms with Crippen LogP contribution < -0.4 is 5.56 Å². The largest absolute Gasteiger partial charge is 0.332 e. The first kappa shape index (κ1) is 21.0. The number of hydrogen-bond donors (Lipinski definition) is 1. The Hall–Kier alpha value is -2.24. The third kappa shape index (κ3) is 4.42. The molecule has 2 aliphatic heterocycles. The molecule has 1 atom stereocenters. The molecule has 0 radical (unpaired) electrons. The Morgan fingerprint density at radius 2 is 2.17 bits per heavy atom. The molecule has 0 bridgehead atoms. The van der Waals surface area contributed by atoms with E-state index in [0.29, 0.717) is 36.5 Å². The molecule has 4 rings (SSSR count). The van der Waals surface area contributed by atoms with Crippen molar-refractivity contribution in [2.75, 3.05) is 25.1 Å². The van der Waals surface area contributed by atoms with E-state index in [1.165, 1.54) is 16.1 Å². The number of pyridine rings is 1. The first-order valence-electron chi connectivity index (χ1n) is 9.73. The maximum atomic E-state index is 12.8. The first-order chi connectivity index (χ1) is 14.3. The summed E-state index contributed by atoms with van der Waals surface area (Å²) >= 11 is 1.37. The minimum absolute atomic E-state index is 0.0358. The number of hydrogen-bond acceptors (Lipinski definition) is 7. The lowest BCUT2D eigenvalue weighted by molar-refractivity contribution is -0.129. The number of sulfonamides is 1. The van der Waals surface area contributed by atoms with Crippen LogP contribution >= 0.6 is 11.8 Å². The summed E-state index contributed by atoms with van der Waals surface area (Å²) in [5.74, 6) is 0.652. The van der Waals surface area contributed by atoms with Crippen LogP contribution in [-0.4, -0.2) is 63.6 Å². The molecule has 1 saturated heterocycles. The van der Waals surface area contributed by atoms with Gasteiger partial charge in [-0.3, -0.25) is 9.59 Å². The van der Waals surface area contributed by atoms with Gasteiger partial charge in [0.15, 0.2) is 0 Å². The lowest BCUT2D eigenvalue weighted by Crippen LogP contribution is -2.40. The molecule has 0 aliphatic carbocycles. The van der Waals surface area contributed by atoms with Crippen LogP contribution in [0.2, 0.25) is 0 Å². The molecule has 0 spiro atoms. The number of H-pyrrole nitrogens is 1. The number of aromatic amines is 1. The molecule has 0 saturated carbocycles. The predicted octanol–water partition coefficient (Wildman–Crippen LogP) is 0.938. The molecule has 1 unspecified atom stereocenters. The second-order valence-electron chi connectivity index (χ2n) is 7.42. The van der Waals surface area contributed by atoms with Crippen molar-refractivity contribution in [2.45, 2.75) is 36.9 Å². The Kier molecular flexibility index (Phi) is 5.94. The third-order valence-corrected chi connectivity index (χ3v) is 7.57. The van der Waals surface area contributed by atoms with E-state index >= 15 is 0 Å². The van der Waals surface area contributed by atoms with Crippen LogP contribution in [-0.2, 0) is 27.8 Å². The summed E-state index contributed by atoms with van der Waals surface area (Å²) in [7, 11) is -3.36. The quantitative estimate of drug-likeness (QED) is 0.675. The van der Waals surface area contributed by atoms with Gasteiger partial charge in [-0.2, -0.15) is 4.31 Å². The van der Waals surface area contributed by atoms with Crippen molar-refractivity contribution < 1.29 is 13.2 Å². The Morgan fingerprint density at radius 3 is 2.90 bits per heavy atom. The number of thioether (sulfide) groups is 1. The maximum absolute atomic E-state index is 12.8. The summed E-state index contributed by atoms with van der Waals surface area (Å²) in [5.41, 5.74) is 0.762. The van der Waals surface area contributed by atoms with Crippen molar-refractivity contribution in [1.29, 1.82) is 0 Å². The highest BCUT2D eigenvalue weighted by atomic mass is 32.2. The molecular formula is C19H23N5O4S2. The van der Waals surface area contributed by atoms with Crippen molar-refractivity contribution in [3.63, 3.8) is 0 Å². The Balaban J connectivity index is 1.53. The molecule has 4 heterocycles. The van der Waals surface area contributed by atoms with Crippen LogP contribution in [0.15, 0.2) is 34.2 Å². The van der Waals surface area contributed by atoms with E-state index in [-0.39, 0.29) is 36.4 Å². The minimum Gasteiger partial charge on any atom is -0.332 e. The minimum atomic E-state index is -3.36. The first-order valence-corrected chi connectivity index (χ1v) is 12.6. The molecule has 2 aromatic heterocycles. The van der Waals surface area contributed by atoms with Crippen LogP contribution in [0.3, 0.4) is 0 Å². The number of likely N-dealkylation sites (tertiary alicyclic amines) is 1. The average Bonchev–Trinajstić information content (AvgIpc) is 3.22. The van der Waals surface area contributed by atoms with E-state index in [2.05, 4.69) is 15.0 Å². The number of aromatic nitrogens is 3. The fourth-order valence-corrected chi connectivity index (χ4v) is 5.40. The molecule has 30 heavy (non-hydrogen) atoms. The summed E-state index contributed by atoms with van der Waals surface area (Å²) in [6, 6.07) is 5.24. The van der Waals surface area contributed by atoms with Crippen molar-refractivity contribution in [2.24, 2.45) is 0 Å². The normalized spacial score (nSPS) is 19.6. The second-order valence-corrected chi connectivity index (χ2v) is 10.4. The van der Waals surface area contributed by atoms with Gasteiger partial charge >= 0.3 is 0 Å². The van der Waals surface area contributed by atoms with Crippen LogP contribution in [0.5, 0.6) is 0 Å². The van der Waals surface area contributed by atoms with Gasteiger partial charge in [0.05, 0.1) is 35.3 Å². The van der Waals surface area contributed by atoms with E-state index in [0.717, 1.165) is 17.7 Å². The van der Waals surface area contributed by atoms with E-state index in [1.54, 1.807) is 11.1 Å². The lowest BCUT2D eigenvalue weighted by Gasteiger charge is -2.28. The number of amides is 1. The van der Waals surface area contributed by atoms with Crippen LogP contribution in [0.25, 0.3) is 0 Å². The molecule has 2 aliphatic rings. The second kappa shape index (κ2) is 8.48. The van der Waals surface area contributed by atoms with Gasteiger partial charge in [0.1, 0.15) is 5.82 Å². The standard InChI is InChI=1S/C19H23N5O4S2/c1-30(27,28)23-10-7-13-14(11-23)21-18(22-19(13)26)15-5-4-9-24(15)17(25)12-29-16-6-2-3-8-20-16/h2-3,6,8,15H,4-5,7,9-12H2,1H3,(H,21,22,26). The lowest BCUT2D eigenvalue weighted by atomic mass is 10.1. The predicted molar refractivity (Wildman–Crippen MR) is 112 cm³/mol. The maximum Gasteiger partial charge on any atom is 0.254 e. The summed E-state index contributed by atoms with van der Waals surface area (Å²) in [6.07, 6.45) is 4.70. The summed E-state index contributed by atoms with van der Waals surface area (Å²) in [5, 5.41) is 0.780. The zero-order valence-corrected chi connectivity index (χ0v) is 18.2. The van der Waals surface area contributed by atoms with Gasteiger partial charge in [0, 0.05) is 24.8 Å². The highest BCUT2D eigenvalue weighted by molar-refractivity contribution is 7.99. The topological polar surface area (TPSA) is 116 Å². The zero-order valence-electron chi connectivity index (χ0n) is 16.6. The number of carbonyl (C=O) groups is 1. The van der Waals surface area contributed by atoms with Gasteiger partial charge in [-0.1, -0.05) is 17.8 Å². The van der Waals surface area contributed by atoms with Crippen molar-refractivity contribution in [1.82, 2.24) is 24.2 Å². The number of rotatable bonds is 5. The van der Waals surface area contributed by atoms with Crippen molar-refractivity contribution >= 4 is 27.7 Å². The molecule has 1 fully saturated rings. The molecule has 9 nitrogen and oxygen atoms in total. The number of nitrogens with zero attached hydrogens (tertiary/aromatic N) is 4. The van der Waals surface area contributed by atoms with E-state index in [4.69, 9.17) is 0 Å². The zero-order chi connectivity index (χ0) is 21.3. The summed E-state index contributed by atoms with van der Waals surface area (Å²) in [4.78, 5) is 38.8. The van der Waals surface area contributed by atoms with Crippen LogP contribution in [0, 0.1) is 0 Å². The van der Waals surface area contributed by atoms with Gasteiger partial charge in [-0.15, -0.1) is 0 Å². The highest BCUT2D eigenvalue weighted by Gasteiger charge is 2.33. The monoisotopic (exact) mass is 449 g/mol. The van der Waals surface area contributed by atoms with Gasteiger partial charge in [-0.25, -0.2) is 18.4 Å². The van der Waals surface area contributed by atoms with Crippen molar-refractivity contribution in [3.05, 3.63) is 51.8 Å². The SMILES string of the molecule is CS(=O)(=O)N1CCc2c(nc(C3CCCN3C(=O)CSc3ccccn3)[nH]c2=O)C1. The Bertz CT molecular complexity index is 1100. The average molecular weight is 450 g/mol. The molecule has 1 N–H and O–H groups in total. The molecular weight excluding hydrogens is 426 g/mol. The molecule has 0 aromatic carbocycles. The molecule has 1 amide bonds. The van der Waals surface area contributed by atoms with Gasteiger partial charge in [0.25, 0.3) is 5.56 Å². The number of carbonyl (C=O) groups excluding carboxylic acids is 1. The highest BCUT2D eigenvalue weighted by Crippen LogP contribution is 2.31. The molecule has 2 aromatic rings. The summed E-state index contributed by atoms with van der Waals surface area (Å²) in [6.45, 7) is 0.957. The fraction of sp³-hybridized carbons (Fsp3) is 0.474. The van der Waals surface area contributed by atoms with Crippen molar-refractivity contribution in [3.8, 4) is 0 Å². The molecule has 160 valence electrons. The summed E-state index contributed by atoms with van der Waals surface area (Å²) < 4.78 is 25.1.